The molecule has 0 bridgehead atoms. The quantitative estimate of drug-likeness (QED) is 0.407. The SMILES string of the molecule is COc1cccc(-c2cc3c(c(OC(C)=O)c2OC(C)=O)-c2cccc4c2[C@@H](C3)N(C)CC4)c1. The maximum absolute atomic E-state index is 12.3. The molecule has 1 heterocycles. The number of rotatable bonds is 4. The van der Waals surface area contributed by atoms with Crippen LogP contribution in [0.2, 0.25) is 0 Å². The first-order chi connectivity index (χ1) is 16.4. The molecule has 1 aliphatic heterocycles. The van der Waals surface area contributed by atoms with Crippen LogP contribution < -0.4 is 14.2 Å². The monoisotopic (exact) mass is 457 g/mol. The fraction of sp³-hybridized carbons (Fsp3) is 0.286. The lowest BCUT2D eigenvalue weighted by Gasteiger charge is -2.40. The summed E-state index contributed by atoms with van der Waals surface area (Å²) in [6, 6.07) is 16.1. The molecule has 34 heavy (non-hydrogen) atoms. The van der Waals surface area contributed by atoms with E-state index in [2.05, 4.69) is 30.1 Å². The van der Waals surface area contributed by atoms with Crippen molar-refractivity contribution in [2.45, 2.75) is 32.7 Å². The molecule has 6 nitrogen and oxygen atoms in total. The Balaban J connectivity index is 1.84. The fourth-order valence-corrected chi connectivity index (χ4v) is 5.22. The topological polar surface area (TPSA) is 65.1 Å². The van der Waals surface area contributed by atoms with E-state index in [0.29, 0.717) is 11.3 Å². The molecular weight excluding hydrogens is 430 g/mol. The van der Waals surface area contributed by atoms with Gasteiger partial charge in [-0.1, -0.05) is 30.3 Å². The summed E-state index contributed by atoms with van der Waals surface area (Å²) in [6.45, 7) is 3.70. The Morgan fingerprint density at radius 2 is 1.65 bits per heavy atom. The highest BCUT2D eigenvalue weighted by Crippen LogP contribution is 2.54. The molecule has 0 unspecified atom stereocenters. The second-order valence-corrected chi connectivity index (χ2v) is 8.86. The van der Waals surface area contributed by atoms with Crippen LogP contribution in [0.1, 0.15) is 36.6 Å². The molecule has 1 atom stereocenters. The predicted molar refractivity (Wildman–Crippen MR) is 129 cm³/mol. The summed E-state index contributed by atoms with van der Waals surface area (Å²) < 4.78 is 17.0. The molecule has 0 N–H and O–H groups in total. The van der Waals surface area contributed by atoms with Gasteiger partial charge >= 0.3 is 11.9 Å². The van der Waals surface area contributed by atoms with E-state index in [1.54, 1.807) is 7.11 Å². The summed E-state index contributed by atoms with van der Waals surface area (Å²) >= 11 is 0. The molecule has 0 saturated carbocycles. The van der Waals surface area contributed by atoms with E-state index in [1.165, 1.54) is 25.0 Å². The zero-order valence-electron chi connectivity index (χ0n) is 19.8. The molecule has 1 aliphatic carbocycles. The zero-order chi connectivity index (χ0) is 24.0. The lowest BCUT2D eigenvalue weighted by Crippen LogP contribution is -2.35. The molecular formula is C28H27NO5. The van der Waals surface area contributed by atoms with Crippen LogP contribution in [0.3, 0.4) is 0 Å². The Labute approximate surface area is 199 Å². The van der Waals surface area contributed by atoms with Crippen LogP contribution in [0.4, 0.5) is 0 Å². The van der Waals surface area contributed by atoms with Crippen LogP contribution in [0, 0.1) is 0 Å². The van der Waals surface area contributed by atoms with Gasteiger partial charge in [0.15, 0.2) is 11.5 Å². The molecule has 0 aromatic heterocycles. The Kier molecular flexibility index (Phi) is 5.62. The van der Waals surface area contributed by atoms with E-state index in [0.717, 1.165) is 41.6 Å². The minimum atomic E-state index is -0.485. The van der Waals surface area contributed by atoms with Crippen LogP contribution in [-0.4, -0.2) is 37.5 Å². The Morgan fingerprint density at radius 1 is 0.912 bits per heavy atom. The number of carbonyl (C=O) groups excluding carboxylic acids is 2. The molecule has 0 spiro atoms. The van der Waals surface area contributed by atoms with Gasteiger partial charge in [-0.2, -0.15) is 0 Å². The second kappa shape index (κ2) is 8.61. The molecule has 0 saturated heterocycles. The Bertz CT molecular complexity index is 1310. The third-order valence-corrected chi connectivity index (χ3v) is 6.67. The van der Waals surface area contributed by atoms with Gasteiger partial charge in [-0.15, -0.1) is 0 Å². The van der Waals surface area contributed by atoms with E-state index in [4.69, 9.17) is 14.2 Å². The third kappa shape index (κ3) is 3.74. The first kappa shape index (κ1) is 22.2. The van der Waals surface area contributed by atoms with Crippen molar-refractivity contribution in [2.75, 3.05) is 20.7 Å². The van der Waals surface area contributed by atoms with Crippen molar-refractivity contribution in [3.63, 3.8) is 0 Å². The average Bonchev–Trinajstić information content (AvgIpc) is 2.82. The van der Waals surface area contributed by atoms with E-state index < -0.39 is 11.9 Å². The minimum absolute atomic E-state index is 0.232. The summed E-state index contributed by atoms with van der Waals surface area (Å²) in [5.41, 5.74) is 6.96. The predicted octanol–water partition coefficient (Wildman–Crippen LogP) is 4.96. The van der Waals surface area contributed by atoms with Crippen molar-refractivity contribution < 1.29 is 23.8 Å². The molecule has 2 aliphatic rings. The summed E-state index contributed by atoms with van der Waals surface area (Å²) in [5.74, 6) is 0.261. The van der Waals surface area contributed by atoms with Gasteiger partial charge in [-0.25, -0.2) is 0 Å². The van der Waals surface area contributed by atoms with Gasteiger partial charge in [0.25, 0.3) is 0 Å². The first-order valence-corrected chi connectivity index (χ1v) is 11.4. The van der Waals surface area contributed by atoms with Gasteiger partial charge in [-0.05, 0) is 65.9 Å². The molecule has 0 fully saturated rings. The van der Waals surface area contributed by atoms with Gasteiger partial charge in [0.2, 0.25) is 0 Å². The second-order valence-electron chi connectivity index (χ2n) is 8.86. The first-order valence-electron chi connectivity index (χ1n) is 11.4. The molecule has 5 rings (SSSR count). The number of hydrogen-bond acceptors (Lipinski definition) is 6. The highest BCUT2D eigenvalue weighted by Gasteiger charge is 2.36. The number of nitrogens with zero attached hydrogens (tertiary/aromatic N) is 1. The largest absolute Gasteiger partial charge is 0.497 e. The van der Waals surface area contributed by atoms with Crippen molar-refractivity contribution in [2.24, 2.45) is 0 Å². The van der Waals surface area contributed by atoms with E-state index in [1.807, 2.05) is 30.3 Å². The maximum Gasteiger partial charge on any atom is 0.308 e. The van der Waals surface area contributed by atoms with Gasteiger partial charge in [0.05, 0.1) is 7.11 Å². The number of carbonyl (C=O) groups is 2. The van der Waals surface area contributed by atoms with E-state index in [-0.39, 0.29) is 17.5 Å². The van der Waals surface area contributed by atoms with Crippen LogP contribution in [0.5, 0.6) is 17.2 Å². The lowest BCUT2D eigenvalue weighted by atomic mass is 9.76. The average molecular weight is 458 g/mol. The number of ether oxygens (including phenoxy) is 3. The number of likely N-dealkylation sites (N-methyl/N-ethyl adjacent to an activating group) is 1. The van der Waals surface area contributed by atoms with Crippen molar-refractivity contribution >= 4 is 11.9 Å². The standard InChI is InChI=1S/C28H27NO5/c1-16(30)33-27-23(19-8-5-9-21(13-19)32-4)14-20-15-24-25-18(11-12-29(24)3)7-6-10-22(25)26(20)28(27)34-17(2)31/h5-10,13-14,24H,11-12,15H2,1-4H3/t24-/m1/s1. The Morgan fingerprint density at radius 3 is 2.38 bits per heavy atom. The summed E-state index contributed by atoms with van der Waals surface area (Å²) in [7, 11) is 3.76. The van der Waals surface area contributed by atoms with Crippen molar-refractivity contribution in [3.05, 3.63) is 65.2 Å². The number of hydrogen-bond donors (Lipinski definition) is 0. The van der Waals surface area contributed by atoms with Crippen LogP contribution in [0.25, 0.3) is 22.3 Å². The van der Waals surface area contributed by atoms with Gasteiger partial charge in [-0.3, -0.25) is 14.5 Å². The van der Waals surface area contributed by atoms with E-state index in [9.17, 15) is 9.59 Å². The zero-order valence-corrected chi connectivity index (χ0v) is 19.8. The summed E-state index contributed by atoms with van der Waals surface area (Å²) in [4.78, 5) is 26.8. The Hall–Kier alpha value is -3.64. The van der Waals surface area contributed by atoms with Crippen LogP contribution in [0.15, 0.2) is 48.5 Å². The van der Waals surface area contributed by atoms with Crippen molar-refractivity contribution in [1.82, 2.24) is 4.90 Å². The number of fused-ring (bicyclic) bond motifs is 2. The normalized spacial score (nSPS) is 16.3. The third-order valence-electron chi connectivity index (χ3n) is 6.67. The molecule has 3 aromatic carbocycles. The molecule has 6 heteroatoms. The summed E-state index contributed by atoms with van der Waals surface area (Å²) in [6.07, 6.45) is 1.73. The smallest absolute Gasteiger partial charge is 0.308 e. The fourth-order valence-electron chi connectivity index (χ4n) is 5.22. The molecule has 174 valence electrons. The highest BCUT2D eigenvalue weighted by molar-refractivity contribution is 5.92. The number of benzene rings is 3. The maximum atomic E-state index is 12.3. The van der Waals surface area contributed by atoms with Gasteiger partial charge in [0, 0.05) is 37.6 Å². The van der Waals surface area contributed by atoms with Crippen LogP contribution >= 0.6 is 0 Å². The van der Waals surface area contributed by atoms with Crippen molar-refractivity contribution in [1.29, 1.82) is 0 Å². The van der Waals surface area contributed by atoms with Crippen LogP contribution in [-0.2, 0) is 22.4 Å². The number of methoxy groups -OCH3 is 1. The van der Waals surface area contributed by atoms with E-state index >= 15 is 0 Å². The summed E-state index contributed by atoms with van der Waals surface area (Å²) in [5, 5.41) is 0. The highest BCUT2D eigenvalue weighted by atomic mass is 16.6. The lowest BCUT2D eigenvalue weighted by molar-refractivity contribution is -0.134. The molecule has 3 aromatic rings. The molecule has 0 radical (unpaired) electrons. The van der Waals surface area contributed by atoms with Gasteiger partial charge in [0.1, 0.15) is 5.75 Å². The number of esters is 2. The van der Waals surface area contributed by atoms with Gasteiger partial charge < -0.3 is 14.2 Å². The van der Waals surface area contributed by atoms with Crippen molar-refractivity contribution in [3.8, 4) is 39.5 Å². The molecule has 0 amide bonds. The minimum Gasteiger partial charge on any atom is -0.497 e.